The van der Waals surface area contributed by atoms with E-state index in [0.29, 0.717) is 0 Å². The summed E-state index contributed by atoms with van der Waals surface area (Å²) >= 11 is 5.77. The van der Waals surface area contributed by atoms with Crippen LogP contribution in [0.25, 0.3) is 4.85 Å². The lowest BCUT2D eigenvalue weighted by molar-refractivity contribution is 1.15. The van der Waals surface area contributed by atoms with Gasteiger partial charge in [-0.1, -0.05) is 18.5 Å². The van der Waals surface area contributed by atoms with E-state index in [1.54, 1.807) is 6.07 Å². The topological polar surface area (TPSA) is 4.36 Å². The lowest BCUT2D eigenvalue weighted by Gasteiger charge is -1.92. The van der Waals surface area contributed by atoms with Crippen molar-refractivity contribution < 1.29 is 0 Å². The van der Waals surface area contributed by atoms with Gasteiger partial charge in [0.05, 0.1) is 0 Å². The molecule has 0 amide bonds. The molecule has 0 saturated heterocycles. The van der Waals surface area contributed by atoms with Crippen LogP contribution in [0.1, 0.15) is 12.5 Å². The minimum absolute atomic E-state index is 0.731. The van der Waals surface area contributed by atoms with Crippen LogP contribution in [0.3, 0.4) is 0 Å². The second-order valence-corrected chi connectivity index (χ2v) is 2.69. The van der Waals surface area contributed by atoms with Crippen molar-refractivity contribution in [2.75, 3.05) is 0 Å². The number of aryl methyl sites for hydroxylation is 1. The van der Waals surface area contributed by atoms with E-state index in [4.69, 9.17) is 18.2 Å². The van der Waals surface area contributed by atoms with Crippen LogP contribution in [-0.4, -0.2) is 0 Å². The van der Waals surface area contributed by atoms with Crippen molar-refractivity contribution in [1.82, 2.24) is 0 Å². The van der Waals surface area contributed by atoms with Gasteiger partial charge in [0, 0.05) is 16.7 Å². The highest BCUT2D eigenvalue weighted by atomic mass is 35.5. The van der Waals surface area contributed by atoms with Gasteiger partial charge >= 0.3 is 5.69 Å². The van der Waals surface area contributed by atoms with Crippen molar-refractivity contribution in [2.45, 2.75) is 13.3 Å². The summed E-state index contributed by atoms with van der Waals surface area (Å²) < 4.78 is 0. The Morgan fingerprint density at radius 1 is 1.55 bits per heavy atom. The van der Waals surface area contributed by atoms with Crippen LogP contribution in [0.15, 0.2) is 18.2 Å². The van der Waals surface area contributed by atoms with Gasteiger partial charge in [-0.3, -0.25) is 0 Å². The minimum Gasteiger partial charge on any atom is -0.0843 e. The lowest BCUT2D eigenvalue weighted by Crippen LogP contribution is -1.78. The number of hydrogen-bond acceptors (Lipinski definition) is 0. The van der Waals surface area contributed by atoms with E-state index < -0.39 is 0 Å². The second kappa shape index (κ2) is 3.41. The zero-order valence-electron chi connectivity index (χ0n) is 6.34. The molecule has 0 N–H and O–H groups in total. The molecule has 1 aromatic carbocycles. The molecular weight excluding hydrogens is 158 g/mol. The molecule has 2 heteroatoms. The molecule has 0 aliphatic heterocycles. The van der Waals surface area contributed by atoms with Crippen LogP contribution in [0, 0.1) is 6.57 Å². The highest BCUT2D eigenvalue weighted by Crippen LogP contribution is 2.23. The molecule has 0 heterocycles. The fraction of sp³-hybridized carbons (Fsp3) is 0.222. The SMILES string of the molecule is C#[N+]c1ccc(Cl)cc1CC. The summed E-state index contributed by atoms with van der Waals surface area (Å²) in [4.78, 5) is 3.62. The lowest BCUT2D eigenvalue weighted by atomic mass is 10.1. The number of benzene rings is 1. The van der Waals surface area contributed by atoms with Gasteiger partial charge in [0.2, 0.25) is 0 Å². The van der Waals surface area contributed by atoms with Gasteiger partial charge in [0.25, 0.3) is 6.57 Å². The summed E-state index contributed by atoms with van der Waals surface area (Å²) in [7, 11) is 0. The maximum Gasteiger partial charge on any atom is 0.343 e. The zero-order valence-corrected chi connectivity index (χ0v) is 7.10. The van der Waals surface area contributed by atoms with Gasteiger partial charge in [-0.25, -0.2) is 0 Å². The highest BCUT2D eigenvalue weighted by molar-refractivity contribution is 6.30. The average Bonchev–Trinajstić information content (AvgIpc) is 2.04. The fourth-order valence-electron chi connectivity index (χ4n) is 0.963. The molecule has 0 spiro atoms. The first kappa shape index (κ1) is 8.10. The molecule has 1 nitrogen and oxygen atoms in total. The van der Waals surface area contributed by atoms with Crippen molar-refractivity contribution in [3.8, 4) is 6.57 Å². The van der Waals surface area contributed by atoms with Crippen LogP contribution in [-0.2, 0) is 6.42 Å². The molecule has 11 heavy (non-hydrogen) atoms. The van der Waals surface area contributed by atoms with Gasteiger partial charge in [0.1, 0.15) is 0 Å². The van der Waals surface area contributed by atoms with Crippen molar-refractivity contribution in [3.63, 3.8) is 0 Å². The normalized spacial score (nSPS) is 9.18. The smallest absolute Gasteiger partial charge is 0.0843 e. The first-order valence-electron chi connectivity index (χ1n) is 3.47. The molecule has 0 atom stereocenters. The molecule has 0 aliphatic rings. The fourth-order valence-corrected chi connectivity index (χ4v) is 1.16. The Morgan fingerprint density at radius 3 is 2.82 bits per heavy atom. The Hall–Kier alpha value is -1.00. The quantitative estimate of drug-likeness (QED) is 0.602. The maximum absolute atomic E-state index is 5.77. The molecule has 1 aromatic rings. The van der Waals surface area contributed by atoms with E-state index in [-0.39, 0.29) is 0 Å². The van der Waals surface area contributed by atoms with Gasteiger partial charge < -0.3 is 0 Å². The van der Waals surface area contributed by atoms with E-state index in [2.05, 4.69) is 4.85 Å². The Bertz CT molecular complexity index is 299. The molecule has 0 fully saturated rings. The minimum atomic E-state index is 0.731. The monoisotopic (exact) mass is 166 g/mol. The van der Waals surface area contributed by atoms with E-state index in [9.17, 15) is 0 Å². The number of nitrogens with zero attached hydrogens (tertiary/aromatic N) is 1. The van der Waals surface area contributed by atoms with Crippen molar-refractivity contribution in [2.24, 2.45) is 0 Å². The summed E-state index contributed by atoms with van der Waals surface area (Å²) in [5.41, 5.74) is 1.90. The van der Waals surface area contributed by atoms with Crippen LogP contribution >= 0.6 is 11.6 Å². The predicted molar refractivity (Wildman–Crippen MR) is 48.8 cm³/mol. The third-order valence-electron chi connectivity index (χ3n) is 1.56. The Labute approximate surface area is 71.4 Å². The first-order valence-corrected chi connectivity index (χ1v) is 3.85. The Kier molecular flexibility index (Phi) is 2.51. The van der Waals surface area contributed by atoms with Gasteiger partial charge in [-0.15, -0.1) is 0 Å². The molecule has 0 aromatic heterocycles. The summed E-state index contributed by atoms with van der Waals surface area (Å²) in [5, 5.41) is 0.731. The third-order valence-corrected chi connectivity index (χ3v) is 1.80. The van der Waals surface area contributed by atoms with E-state index in [1.807, 2.05) is 19.1 Å². The Morgan fingerprint density at radius 2 is 2.27 bits per heavy atom. The summed E-state index contributed by atoms with van der Waals surface area (Å²) in [6, 6.07) is 5.49. The van der Waals surface area contributed by atoms with Gasteiger partial charge in [-0.05, 0) is 23.4 Å². The second-order valence-electron chi connectivity index (χ2n) is 2.26. The van der Waals surface area contributed by atoms with Gasteiger partial charge in [0.15, 0.2) is 0 Å². The molecular formula is C9H9ClN+. The first-order chi connectivity index (χ1) is 5.27. The summed E-state index contributed by atoms with van der Waals surface area (Å²) in [6.07, 6.45) is 0.899. The van der Waals surface area contributed by atoms with Gasteiger partial charge in [-0.2, -0.15) is 0 Å². The van der Waals surface area contributed by atoms with Crippen LogP contribution < -0.4 is 0 Å². The molecule has 0 radical (unpaired) electrons. The van der Waals surface area contributed by atoms with Crippen molar-refractivity contribution in [1.29, 1.82) is 0 Å². The molecule has 0 saturated carbocycles. The Balaban J connectivity index is 3.19. The van der Waals surface area contributed by atoms with Crippen LogP contribution in [0.5, 0.6) is 0 Å². The predicted octanol–water partition coefficient (Wildman–Crippen LogP) is 3.50. The average molecular weight is 167 g/mol. The van der Waals surface area contributed by atoms with Crippen molar-refractivity contribution >= 4 is 17.3 Å². The summed E-state index contributed by atoms with van der Waals surface area (Å²) in [5.74, 6) is 0. The van der Waals surface area contributed by atoms with Crippen LogP contribution in [0.2, 0.25) is 5.02 Å². The van der Waals surface area contributed by atoms with E-state index >= 15 is 0 Å². The number of rotatable bonds is 1. The van der Waals surface area contributed by atoms with E-state index in [1.165, 1.54) is 0 Å². The van der Waals surface area contributed by atoms with Crippen molar-refractivity contribution in [3.05, 3.63) is 33.6 Å². The summed E-state index contributed by atoms with van der Waals surface area (Å²) in [6.45, 7) is 7.20. The van der Waals surface area contributed by atoms with E-state index in [0.717, 1.165) is 22.7 Å². The third kappa shape index (κ3) is 1.72. The maximum atomic E-state index is 5.77. The number of halogens is 1. The van der Waals surface area contributed by atoms with Crippen LogP contribution in [0.4, 0.5) is 5.69 Å². The molecule has 0 bridgehead atoms. The molecule has 56 valence electrons. The standard InChI is InChI=1S/C9H9ClN/c1-3-7-6-8(10)4-5-9(7)11-2/h2,4-6H,3H2,1H3/q+1. The zero-order chi connectivity index (χ0) is 8.27. The largest absolute Gasteiger partial charge is 0.343 e. The number of hydrogen-bond donors (Lipinski definition) is 0. The highest BCUT2D eigenvalue weighted by Gasteiger charge is 2.07. The molecule has 0 unspecified atom stereocenters. The molecule has 0 aliphatic carbocycles. The molecule has 1 rings (SSSR count).